The molecule has 0 radical (unpaired) electrons. The normalized spacial score (nSPS) is 13.0. The minimum absolute atomic E-state index is 0.172. The maximum atomic E-state index is 6.06. The Morgan fingerprint density at radius 1 is 0.944 bits per heavy atom. The summed E-state index contributed by atoms with van der Waals surface area (Å²) in [6.45, 7) is 15.7. The topological polar surface area (TPSA) is 38.0 Å². The second-order valence-corrected chi connectivity index (χ2v) is 6.52. The average molecular weight is 256 g/mol. The third-order valence-corrected chi connectivity index (χ3v) is 4.27. The Hall–Kier alpha value is -0.0800. The van der Waals surface area contributed by atoms with Crippen LogP contribution in [0.4, 0.5) is 0 Å². The van der Waals surface area contributed by atoms with Crippen LogP contribution in [0.3, 0.4) is 0 Å². The van der Waals surface area contributed by atoms with Crippen LogP contribution in [0.5, 0.6) is 0 Å². The molecular weight excluding hydrogens is 220 g/mol. The molecule has 0 spiro atoms. The van der Waals surface area contributed by atoms with Crippen molar-refractivity contribution in [3.63, 3.8) is 0 Å². The lowest BCUT2D eigenvalue weighted by molar-refractivity contribution is 0.213. The lowest BCUT2D eigenvalue weighted by Gasteiger charge is -2.37. The first-order valence-corrected chi connectivity index (χ1v) is 7.87. The van der Waals surface area contributed by atoms with Crippen LogP contribution in [0, 0.1) is 17.8 Å². The third kappa shape index (κ3) is 5.71. The van der Waals surface area contributed by atoms with Gasteiger partial charge >= 0.3 is 0 Å². The SMILES string of the molecule is CCCC(CN)(CCC)NCC(C(C)C)C(C)C. The highest BCUT2D eigenvalue weighted by Gasteiger charge is 2.28. The molecule has 0 aromatic carbocycles. The highest BCUT2D eigenvalue weighted by atomic mass is 15.0. The maximum absolute atomic E-state index is 6.06. The van der Waals surface area contributed by atoms with E-state index in [4.69, 9.17) is 5.73 Å². The zero-order valence-corrected chi connectivity index (χ0v) is 13.6. The molecule has 0 rings (SSSR count). The van der Waals surface area contributed by atoms with Gasteiger partial charge in [-0.2, -0.15) is 0 Å². The van der Waals surface area contributed by atoms with Crippen LogP contribution in [-0.2, 0) is 0 Å². The standard InChI is InChI=1S/C16H36N2/c1-7-9-16(12-17,10-8-2)18-11-15(13(3)4)14(5)6/h13-15,18H,7-12,17H2,1-6H3. The third-order valence-electron chi connectivity index (χ3n) is 4.27. The van der Waals surface area contributed by atoms with Gasteiger partial charge in [-0.25, -0.2) is 0 Å². The van der Waals surface area contributed by atoms with Gasteiger partial charge in [0.05, 0.1) is 0 Å². The summed E-state index contributed by atoms with van der Waals surface area (Å²) >= 11 is 0. The molecule has 3 N–H and O–H groups in total. The summed E-state index contributed by atoms with van der Waals surface area (Å²) in [6.07, 6.45) is 4.80. The van der Waals surface area contributed by atoms with Crippen LogP contribution in [0.15, 0.2) is 0 Å². The quantitative estimate of drug-likeness (QED) is 0.624. The summed E-state index contributed by atoms with van der Waals surface area (Å²) in [4.78, 5) is 0. The van der Waals surface area contributed by atoms with Crippen LogP contribution < -0.4 is 11.1 Å². The smallest absolute Gasteiger partial charge is 0.0303 e. The highest BCUT2D eigenvalue weighted by Crippen LogP contribution is 2.23. The summed E-state index contributed by atoms with van der Waals surface area (Å²) in [5.41, 5.74) is 6.23. The first-order chi connectivity index (χ1) is 8.42. The van der Waals surface area contributed by atoms with Crippen LogP contribution in [0.25, 0.3) is 0 Å². The number of nitrogens with two attached hydrogens (primary N) is 1. The molecule has 0 fully saturated rings. The first-order valence-electron chi connectivity index (χ1n) is 7.87. The summed E-state index contributed by atoms with van der Waals surface area (Å²) in [6, 6.07) is 0. The van der Waals surface area contributed by atoms with Crippen molar-refractivity contribution in [2.45, 2.75) is 72.8 Å². The Kier molecular flexibility index (Phi) is 8.89. The molecule has 18 heavy (non-hydrogen) atoms. The van der Waals surface area contributed by atoms with E-state index >= 15 is 0 Å². The van der Waals surface area contributed by atoms with Gasteiger partial charge in [0, 0.05) is 12.1 Å². The molecule has 110 valence electrons. The lowest BCUT2D eigenvalue weighted by Crippen LogP contribution is -2.53. The van der Waals surface area contributed by atoms with Crippen molar-refractivity contribution in [3.05, 3.63) is 0 Å². The van der Waals surface area contributed by atoms with E-state index in [9.17, 15) is 0 Å². The van der Waals surface area contributed by atoms with Crippen molar-refractivity contribution >= 4 is 0 Å². The molecule has 0 aromatic rings. The fraction of sp³-hybridized carbons (Fsp3) is 1.00. The minimum Gasteiger partial charge on any atom is -0.329 e. The van der Waals surface area contributed by atoms with Crippen LogP contribution in [0.1, 0.15) is 67.2 Å². The van der Waals surface area contributed by atoms with Gasteiger partial charge in [0.1, 0.15) is 0 Å². The molecule has 0 atom stereocenters. The predicted molar refractivity (Wildman–Crippen MR) is 82.8 cm³/mol. The Labute approximate surface area is 115 Å². The number of rotatable bonds is 10. The fourth-order valence-electron chi connectivity index (χ4n) is 3.11. The Morgan fingerprint density at radius 3 is 1.67 bits per heavy atom. The molecule has 2 heteroatoms. The molecule has 0 unspecified atom stereocenters. The van der Waals surface area contributed by atoms with Crippen LogP contribution in [-0.4, -0.2) is 18.6 Å². The molecule has 0 saturated heterocycles. The molecule has 0 aliphatic heterocycles. The van der Waals surface area contributed by atoms with Gasteiger partial charge in [-0.15, -0.1) is 0 Å². The van der Waals surface area contributed by atoms with Crippen molar-refractivity contribution in [1.82, 2.24) is 5.32 Å². The van der Waals surface area contributed by atoms with Gasteiger partial charge in [0.25, 0.3) is 0 Å². The molecule has 0 bridgehead atoms. The van der Waals surface area contributed by atoms with E-state index in [1.165, 1.54) is 25.7 Å². The summed E-state index contributed by atoms with van der Waals surface area (Å²) in [5, 5.41) is 3.82. The number of nitrogens with one attached hydrogen (secondary N) is 1. The Balaban J connectivity index is 4.56. The van der Waals surface area contributed by atoms with Gasteiger partial charge in [0.2, 0.25) is 0 Å². The van der Waals surface area contributed by atoms with E-state index in [0.29, 0.717) is 0 Å². The Morgan fingerprint density at radius 2 is 1.39 bits per heavy atom. The van der Waals surface area contributed by atoms with Gasteiger partial charge in [-0.05, 0) is 37.1 Å². The van der Waals surface area contributed by atoms with Crippen LogP contribution in [0.2, 0.25) is 0 Å². The molecule has 0 amide bonds. The molecule has 0 aliphatic rings. The second-order valence-electron chi connectivity index (χ2n) is 6.52. The Bertz CT molecular complexity index is 185. The molecule has 0 saturated carbocycles. The number of hydrogen-bond donors (Lipinski definition) is 2. The summed E-state index contributed by atoms with van der Waals surface area (Å²) in [5.74, 6) is 2.21. The zero-order valence-electron chi connectivity index (χ0n) is 13.6. The first kappa shape index (κ1) is 17.9. The predicted octanol–water partition coefficient (Wildman–Crippen LogP) is 3.80. The van der Waals surface area contributed by atoms with E-state index in [1.54, 1.807) is 0 Å². The zero-order chi connectivity index (χ0) is 14.2. The number of hydrogen-bond acceptors (Lipinski definition) is 2. The molecular formula is C16H36N2. The lowest BCUT2D eigenvalue weighted by atomic mass is 9.83. The van der Waals surface area contributed by atoms with Gasteiger partial charge < -0.3 is 11.1 Å². The molecule has 2 nitrogen and oxygen atoms in total. The van der Waals surface area contributed by atoms with E-state index in [0.717, 1.165) is 30.8 Å². The average Bonchev–Trinajstić information content (AvgIpc) is 2.28. The van der Waals surface area contributed by atoms with E-state index in [2.05, 4.69) is 46.9 Å². The van der Waals surface area contributed by atoms with E-state index < -0.39 is 0 Å². The summed E-state index contributed by atoms with van der Waals surface area (Å²) < 4.78 is 0. The molecule has 0 heterocycles. The molecule has 0 aliphatic carbocycles. The van der Waals surface area contributed by atoms with E-state index in [-0.39, 0.29) is 5.54 Å². The monoisotopic (exact) mass is 256 g/mol. The van der Waals surface area contributed by atoms with Gasteiger partial charge in [-0.3, -0.25) is 0 Å². The molecule has 0 aromatic heterocycles. The highest BCUT2D eigenvalue weighted by molar-refractivity contribution is 4.89. The van der Waals surface area contributed by atoms with Crippen molar-refractivity contribution in [2.75, 3.05) is 13.1 Å². The van der Waals surface area contributed by atoms with Crippen molar-refractivity contribution < 1.29 is 0 Å². The van der Waals surface area contributed by atoms with Crippen LogP contribution >= 0.6 is 0 Å². The second kappa shape index (κ2) is 8.92. The summed E-state index contributed by atoms with van der Waals surface area (Å²) in [7, 11) is 0. The maximum Gasteiger partial charge on any atom is 0.0303 e. The van der Waals surface area contributed by atoms with Crippen molar-refractivity contribution in [2.24, 2.45) is 23.5 Å². The van der Waals surface area contributed by atoms with E-state index in [1.807, 2.05) is 0 Å². The fourth-order valence-corrected chi connectivity index (χ4v) is 3.11. The van der Waals surface area contributed by atoms with Crippen molar-refractivity contribution in [1.29, 1.82) is 0 Å². The minimum atomic E-state index is 0.172. The largest absolute Gasteiger partial charge is 0.329 e. The van der Waals surface area contributed by atoms with Gasteiger partial charge in [-0.1, -0.05) is 54.4 Å². The van der Waals surface area contributed by atoms with Crippen molar-refractivity contribution in [3.8, 4) is 0 Å². The van der Waals surface area contributed by atoms with Gasteiger partial charge in [0.15, 0.2) is 0 Å².